The smallest absolute Gasteiger partial charge is 0.259 e. The van der Waals surface area contributed by atoms with Crippen molar-refractivity contribution in [3.8, 4) is 5.75 Å². The minimum absolute atomic E-state index is 0.178. The summed E-state index contributed by atoms with van der Waals surface area (Å²) < 4.78 is 6.17. The second-order valence-corrected chi connectivity index (χ2v) is 5.59. The fourth-order valence-corrected chi connectivity index (χ4v) is 2.61. The van der Waals surface area contributed by atoms with E-state index in [9.17, 15) is 4.79 Å². The molecule has 104 valence electrons. The fourth-order valence-electron chi connectivity index (χ4n) is 2.01. The Morgan fingerprint density at radius 1 is 1.10 bits per heavy atom. The number of ether oxygens (including phenoxy) is 1. The molecule has 0 heterocycles. The maximum atomic E-state index is 12.4. The van der Waals surface area contributed by atoms with Crippen LogP contribution in [0.2, 0.25) is 0 Å². The van der Waals surface area contributed by atoms with E-state index in [1.54, 1.807) is 13.2 Å². The van der Waals surface area contributed by atoms with Gasteiger partial charge in [0.2, 0.25) is 0 Å². The third-order valence-electron chi connectivity index (χ3n) is 2.90. The molecular formula is C16H16BrNO2. The molecule has 0 saturated carbocycles. The van der Waals surface area contributed by atoms with Crippen LogP contribution >= 0.6 is 15.9 Å². The highest BCUT2D eigenvalue weighted by atomic mass is 79.9. The van der Waals surface area contributed by atoms with Crippen molar-refractivity contribution in [2.45, 2.75) is 13.8 Å². The first-order valence-corrected chi connectivity index (χ1v) is 7.02. The minimum atomic E-state index is -0.178. The van der Waals surface area contributed by atoms with Crippen molar-refractivity contribution in [3.05, 3.63) is 57.6 Å². The maximum absolute atomic E-state index is 12.4. The van der Waals surface area contributed by atoms with Crippen LogP contribution in [0, 0.1) is 13.8 Å². The predicted octanol–water partition coefficient (Wildman–Crippen LogP) is 4.33. The zero-order valence-electron chi connectivity index (χ0n) is 11.7. The lowest BCUT2D eigenvalue weighted by molar-refractivity contribution is 0.102. The van der Waals surface area contributed by atoms with Crippen LogP contribution in [-0.2, 0) is 0 Å². The van der Waals surface area contributed by atoms with E-state index in [4.69, 9.17) is 4.74 Å². The molecule has 0 unspecified atom stereocenters. The average Bonchev–Trinajstić information content (AvgIpc) is 2.37. The normalized spacial score (nSPS) is 10.2. The number of carbonyl (C=O) groups is 1. The van der Waals surface area contributed by atoms with Crippen molar-refractivity contribution in [2.75, 3.05) is 12.4 Å². The quantitative estimate of drug-likeness (QED) is 0.907. The molecule has 0 fully saturated rings. The standard InChI is InChI=1S/C16H16BrNO2/c1-10-4-5-15(20-3)14(8-10)16(19)18-13-7-11(2)6-12(17)9-13/h4-9H,1-3H3,(H,18,19). The van der Waals surface area contributed by atoms with Crippen molar-refractivity contribution < 1.29 is 9.53 Å². The number of aryl methyl sites for hydroxylation is 2. The summed E-state index contributed by atoms with van der Waals surface area (Å²) in [4.78, 5) is 12.4. The van der Waals surface area contributed by atoms with E-state index in [2.05, 4.69) is 21.2 Å². The van der Waals surface area contributed by atoms with Gasteiger partial charge in [0.05, 0.1) is 12.7 Å². The Kier molecular flexibility index (Phi) is 4.45. The number of hydrogen-bond donors (Lipinski definition) is 1. The highest BCUT2D eigenvalue weighted by Crippen LogP contribution is 2.23. The summed E-state index contributed by atoms with van der Waals surface area (Å²) in [5, 5.41) is 2.89. The molecule has 0 radical (unpaired) electrons. The van der Waals surface area contributed by atoms with Gasteiger partial charge in [0, 0.05) is 10.2 Å². The van der Waals surface area contributed by atoms with Crippen LogP contribution in [0.25, 0.3) is 0 Å². The molecule has 2 aromatic carbocycles. The van der Waals surface area contributed by atoms with E-state index < -0.39 is 0 Å². The van der Waals surface area contributed by atoms with E-state index in [1.807, 2.05) is 44.2 Å². The third kappa shape index (κ3) is 3.39. The van der Waals surface area contributed by atoms with Crippen LogP contribution in [0.15, 0.2) is 40.9 Å². The lowest BCUT2D eigenvalue weighted by Gasteiger charge is -2.11. The molecule has 0 spiro atoms. The van der Waals surface area contributed by atoms with Gasteiger partial charge in [-0.15, -0.1) is 0 Å². The molecule has 0 aliphatic rings. The molecule has 20 heavy (non-hydrogen) atoms. The summed E-state index contributed by atoms with van der Waals surface area (Å²) in [6.45, 7) is 3.92. The first kappa shape index (κ1) is 14.6. The topological polar surface area (TPSA) is 38.3 Å². The van der Waals surface area contributed by atoms with E-state index in [0.717, 1.165) is 21.3 Å². The molecule has 0 bridgehead atoms. The zero-order chi connectivity index (χ0) is 14.7. The maximum Gasteiger partial charge on any atom is 0.259 e. The first-order valence-electron chi connectivity index (χ1n) is 6.23. The second kappa shape index (κ2) is 6.09. The lowest BCUT2D eigenvalue weighted by Crippen LogP contribution is -2.13. The highest BCUT2D eigenvalue weighted by molar-refractivity contribution is 9.10. The number of anilines is 1. The Balaban J connectivity index is 2.30. The van der Waals surface area contributed by atoms with Crippen LogP contribution in [0.4, 0.5) is 5.69 Å². The molecule has 1 amide bonds. The number of amides is 1. The van der Waals surface area contributed by atoms with Gasteiger partial charge in [-0.1, -0.05) is 27.6 Å². The first-order chi connectivity index (χ1) is 9.49. The minimum Gasteiger partial charge on any atom is -0.496 e. The molecule has 1 N–H and O–H groups in total. The van der Waals surface area contributed by atoms with E-state index in [1.165, 1.54) is 0 Å². The van der Waals surface area contributed by atoms with Crippen molar-refractivity contribution >= 4 is 27.5 Å². The van der Waals surface area contributed by atoms with Crippen LogP contribution < -0.4 is 10.1 Å². The van der Waals surface area contributed by atoms with Crippen LogP contribution in [0.3, 0.4) is 0 Å². The van der Waals surface area contributed by atoms with E-state index in [0.29, 0.717) is 11.3 Å². The van der Waals surface area contributed by atoms with Gasteiger partial charge >= 0.3 is 0 Å². The molecule has 3 nitrogen and oxygen atoms in total. The number of carbonyl (C=O) groups excluding carboxylic acids is 1. The SMILES string of the molecule is COc1ccc(C)cc1C(=O)Nc1cc(C)cc(Br)c1. The molecule has 0 saturated heterocycles. The van der Waals surface area contributed by atoms with Gasteiger partial charge in [-0.25, -0.2) is 0 Å². The van der Waals surface area contributed by atoms with Gasteiger partial charge in [0.25, 0.3) is 5.91 Å². The van der Waals surface area contributed by atoms with Gasteiger partial charge in [-0.3, -0.25) is 4.79 Å². The molecule has 2 rings (SSSR count). The summed E-state index contributed by atoms with van der Waals surface area (Å²) >= 11 is 3.42. The Morgan fingerprint density at radius 2 is 1.85 bits per heavy atom. The molecule has 0 aromatic heterocycles. The fraction of sp³-hybridized carbons (Fsp3) is 0.188. The van der Waals surface area contributed by atoms with Crippen LogP contribution in [-0.4, -0.2) is 13.0 Å². The lowest BCUT2D eigenvalue weighted by atomic mass is 10.1. The summed E-state index contributed by atoms with van der Waals surface area (Å²) in [5.74, 6) is 0.392. The number of halogens is 1. The Morgan fingerprint density at radius 3 is 2.50 bits per heavy atom. The number of hydrogen-bond acceptors (Lipinski definition) is 2. The van der Waals surface area contributed by atoms with Crippen molar-refractivity contribution in [1.29, 1.82) is 0 Å². The van der Waals surface area contributed by atoms with Gasteiger partial charge in [0.1, 0.15) is 5.75 Å². The monoisotopic (exact) mass is 333 g/mol. The molecule has 0 aliphatic carbocycles. The zero-order valence-corrected chi connectivity index (χ0v) is 13.2. The number of rotatable bonds is 3. The van der Waals surface area contributed by atoms with Crippen molar-refractivity contribution in [2.24, 2.45) is 0 Å². The molecule has 0 atom stereocenters. The van der Waals surface area contributed by atoms with Gasteiger partial charge in [-0.2, -0.15) is 0 Å². The second-order valence-electron chi connectivity index (χ2n) is 4.68. The number of methoxy groups -OCH3 is 1. The van der Waals surface area contributed by atoms with Gasteiger partial charge in [0.15, 0.2) is 0 Å². The van der Waals surface area contributed by atoms with Gasteiger partial charge < -0.3 is 10.1 Å². The number of nitrogens with one attached hydrogen (secondary N) is 1. The van der Waals surface area contributed by atoms with Crippen molar-refractivity contribution in [1.82, 2.24) is 0 Å². The Labute approximate surface area is 127 Å². The summed E-state index contributed by atoms with van der Waals surface area (Å²) in [6.07, 6.45) is 0. The molecule has 4 heteroatoms. The van der Waals surface area contributed by atoms with E-state index >= 15 is 0 Å². The largest absolute Gasteiger partial charge is 0.496 e. The highest BCUT2D eigenvalue weighted by Gasteiger charge is 2.13. The average molecular weight is 334 g/mol. The molecule has 2 aromatic rings. The van der Waals surface area contributed by atoms with Crippen LogP contribution in [0.5, 0.6) is 5.75 Å². The van der Waals surface area contributed by atoms with Gasteiger partial charge in [-0.05, 0) is 49.7 Å². The van der Waals surface area contributed by atoms with Crippen LogP contribution in [0.1, 0.15) is 21.5 Å². The molecular weight excluding hydrogens is 318 g/mol. The molecule has 0 aliphatic heterocycles. The summed E-state index contributed by atoms with van der Waals surface area (Å²) in [7, 11) is 1.56. The van der Waals surface area contributed by atoms with E-state index in [-0.39, 0.29) is 5.91 Å². The summed E-state index contributed by atoms with van der Waals surface area (Å²) in [5.41, 5.74) is 3.38. The summed E-state index contributed by atoms with van der Waals surface area (Å²) in [6, 6.07) is 11.3. The Bertz CT molecular complexity index is 633. The number of benzene rings is 2. The Hall–Kier alpha value is -1.81. The van der Waals surface area contributed by atoms with Crippen molar-refractivity contribution in [3.63, 3.8) is 0 Å². The predicted molar refractivity (Wildman–Crippen MR) is 84.6 cm³/mol. The third-order valence-corrected chi connectivity index (χ3v) is 3.36.